The zero-order chi connectivity index (χ0) is 30.9. The number of anilines is 1. The standard InChI is InChI=1S/C34H31F2N3O3S.Li/c1-22-6-4-5-7-28(22)30-18-23(8-15-29(30)33(40)38-32(34(41)42)16-17-43-3)20-39(27-13-11-26(37-2)12-14-27)21-24-9-10-25(35)19-31(24)36;/h4-15,18-19,32H,16-17,20-21H2,1,3H3,(H,38,40)(H,41,42);/q;+1/p-1. The number of carboxylic acid groups (broad SMARTS) is 1. The van der Waals surface area contributed by atoms with Gasteiger partial charge >= 0.3 is 18.9 Å². The minimum Gasteiger partial charge on any atom is -0.548 e. The van der Waals surface area contributed by atoms with E-state index in [9.17, 15) is 23.5 Å². The molecule has 6 nitrogen and oxygen atoms in total. The summed E-state index contributed by atoms with van der Waals surface area (Å²) < 4.78 is 28.3. The van der Waals surface area contributed by atoms with Crippen molar-refractivity contribution in [3.63, 3.8) is 0 Å². The molecule has 4 aromatic rings. The van der Waals surface area contributed by atoms with Crippen LogP contribution in [-0.4, -0.2) is 29.9 Å². The van der Waals surface area contributed by atoms with Crippen LogP contribution in [0.3, 0.4) is 0 Å². The quantitative estimate of drug-likeness (QED) is 0.198. The Bertz CT molecular complexity index is 1660. The fourth-order valence-corrected chi connectivity index (χ4v) is 5.23. The van der Waals surface area contributed by atoms with Crippen molar-refractivity contribution in [1.82, 2.24) is 5.32 Å². The maximum Gasteiger partial charge on any atom is 1.00 e. The van der Waals surface area contributed by atoms with Gasteiger partial charge in [0.25, 0.3) is 5.91 Å². The molecule has 0 aliphatic rings. The van der Waals surface area contributed by atoms with Gasteiger partial charge in [-0.1, -0.05) is 48.5 Å². The summed E-state index contributed by atoms with van der Waals surface area (Å²) in [6.07, 6.45) is 2.09. The van der Waals surface area contributed by atoms with Crippen molar-refractivity contribution in [2.24, 2.45) is 0 Å². The smallest absolute Gasteiger partial charge is 0.548 e. The van der Waals surface area contributed by atoms with Crippen LogP contribution < -0.4 is 34.2 Å². The molecule has 0 saturated carbocycles. The van der Waals surface area contributed by atoms with E-state index in [1.54, 1.807) is 36.4 Å². The van der Waals surface area contributed by atoms with E-state index in [0.717, 1.165) is 28.4 Å². The molecule has 0 fully saturated rings. The number of rotatable bonds is 12. The van der Waals surface area contributed by atoms with E-state index in [4.69, 9.17) is 6.57 Å². The number of carboxylic acids is 1. The zero-order valence-electron chi connectivity index (χ0n) is 24.8. The Hall–Kier alpha value is -4.08. The Morgan fingerprint density at radius 1 is 0.977 bits per heavy atom. The SMILES string of the molecule is [C-]#[N+]c1ccc(N(Cc2ccc(C(=O)NC(CCSC)C(=O)[O-])c(-c3ccccc3C)c2)Cc2ccc(F)cc2F)cc1.[Li+]. The van der Waals surface area contributed by atoms with Crippen LogP contribution in [0.4, 0.5) is 20.2 Å². The first-order valence-corrected chi connectivity index (χ1v) is 15.0. The largest absolute Gasteiger partial charge is 1.00 e. The van der Waals surface area contributed by atoms with Gasteiger partial charge in [-0.2, -0.15) is 11.8 Å². The van der Waals surface area contributed by atoms with Gasteiger partial charge in [0.05, 0.1) is 18.6 Å². The Labute approximate surface area is 272 Å². The van der Waals surface area contributed by atoms with Crippen LogP contribution in [0, 0.1) is 25.1 Å². The second-order valence-electron chi connectivity index (χ2n) is 10.0. The van der Waals surface area contributed by atoms with E-state index >= 15 is 0 Å². The van der Waals surface area contributed by atoms with Crippen LogP contribution in [0.25, 0.3) is 16.0 Å². The summed E-state index contributed by atoms with van der Waals surface area (Å²) in [6.45, 7) is 9.60. The third-order valence-corrected chi connectivity index (χ3v) is 7.70. The molecule has 1 amide bonds. The number of carbonyl (C=O) groups excluding carboxylic acids is 2. The number of hydrogen-bond acceptors (Lipinski definition) is 5. The summed E-state index contributed by atoms with van der Waals surface area (Å²) in [6, 6.07) is 22.1. The average molecular weight is 606 g/mol. The number of aryl methyl sites for hydroxylation is 1. The summed E-state index contributed by atoms with van der Waals surface area (Å²) in [4.78, 5) is 30.5. The molecule has 1 N–H and O–H groups in total. The first-order valence-electron chi connectivity index (χ1n) is 13.6. The Kier molecular flexibility index (Phi) is 12.6. The van der Waals surface area contributed by atoms with Crippen LogP contribution in [0.5, 0.6) is 0 Å². The Balaban J connectivity index is 0.00000529. The molecular formula is C34H30F2LiN3O3S. The fourth-order valence-electron chi connectivity index (χ4n) is 4.76. The summed E-state index contributed by atoms with van der Waals surface area (Å²) in [5.41, 5.74) is 4.93. The topological polar surface area (TPSA) is 76.8 Å². The first-order chi connectivity index (χ1) is 20.7. The van der Waals surface area contributed by atoms with Crippen LogP contribution in [0.1, 0.15) is 33.5 Å². The molecule has 0 heterocycles. The molecule has 4 rings (SSSR count). The summed E-state index contributed by atoms with van der Waals surface area (Å²) in [5.74, 6) is -2.66. The second kappa shape index (κ2) is 16.1. The second-order valence-corrected chi connectivity index (χ2v) is 11.0. The van der Waals surface area contributed by atoms with E-state index in [1.807, 2.05) is 48.4 Å². The van der Waals surface area contributed by atoms with Gasteiger partial charge in [-0.15, -0.1) is 0 Å². The van der Waals surface area contributed by atoms with Crippen LogP contribution in [-0.2, 0) is 17.9 Å². The van der Waals surface area contributed by atoms with E-state index in [0.29, 0.717) is 34.7 Å². The molecule has 1 atom stereocenters. The molecule has 0 aliphatic carbocycles. The molecule has 10 heteroatoms. The summed E-state index contributed by atoms with van der Waals surface area (Å²) >= 11 is 1.48. The molecule has 0 radical (unpaired) electrons. The monoisotopic (exact) mass is 605 g/mol. The summed E-state index contributed by atoms with van der Waals surface area (Å²) in [7, 11) is 0. The first kappa shape index (κ1) is 34.4. The number of amides is 1. The maximum atomic E-state index is 14.7. The van der Waals surface area contributed by atoms with Crippen molar-refractivity contribution in [2.45, 2.75) is 32.5 Å². The molecular weight excluding hydrogens is 575 g/mol. The molecule has 44 heavy (non-hydrogen) atoms. The Morgan fingerprint density at radius 3 is 2.34 bits per heavy atom. The van der Waals surface area contributed by atoms with Crippen molar-refractivity contribution in [1.29, 1.82) is 0 Å². The minimum absolute atomic E-state index is 0. The average Bonchev–Trinajstić information content (AvgIpc) is 3.00. The van der Waals surface area contributed by atoms with Gasteiger partial charge in [-0.05, 0) is 77.9 Å². The third kappa shape index (κ3) is 8.73. The van der Waals surface area contributed by atoms with Crippen molar-refractivity contribution in [3.8, 4) is 11.1 Å². The van der Waals surface area contributed by atoms with Crippen molar-refractivity contribution >= 4 is 35.0 Å². The van der Waals surface area contributed by atoms with Crippen molar-refractivity contribution in [2.75, 3.05) is 16.9 Å². The van der Waals surface area contributed by atoms with Gasteiger partial charge in [-0.25, -0.2) is 13.6 Å². The molecule has 0 bridgehead atoms. The zero-order valence-corrected chi connectivity index (χ0v) is 25.6. The van der Waals surface area contributed by atoms with Gasteiger partial charge in [0.15, 0.2) is 5.69 Å². The predicted octanol–water partition coefficient (Wildman–Crippen LogP) is 3.30. The van der Waals surface area contributed by atoms with Crippen LogP contribution in [0.2, 0.25) is 0 Å². The van der Waals surface area contributed by atoms with E-state index in [2.05, 4.69) is 10.2 Å². The molecule has 0 aliphatic heterocycles. The molecule has 4 aromatic carbocycles. The number of benzene rings is 4. The normalized spacial score (nSPS) is 11.2. The number of hydrogen-bond donors (Lipinski definition) is 1. The van der Waals surface area contributed by atoms with Crippen LogP contribution in [0.15, 0.2) is 84.9 Å². The van der Waals surface area contributed by atoms with Gasteiger partial charge in [0.2, 0.25) is 0 Å². The molecule has 220 valence electrons. The number of thioether (sulfide) groups is 1. The molecule has 0 aromatic heterocycles. The fraction of sp³-hybridized carbons (Fsp3) is 0.206. The van der Waals surface area contributed by atoms with Gasteiger partial charge in [0, 0.05) is 36.0 Å². The van der Waals surface area contributed by atoms with Crippen molar-refractivity contribution in [3.05, 3.63) is 130 Å². The van der Waals surface area contributed by atoms with Gasteiger partial charge < -0.3 is 20.1 Å². The van der Waals surface area contributed by atoms with E-state index in [-0.39, 0.29) is 31.8 Å². The molecule has 1 unspecified atom stereocenters. The van der Waals surface area contributed by atoms with Gasteiger partial charge in [-0.3, -0.25) is 4.79 Å². The number of carbonyl (C=O) groups is 2. The van der Waals surface area contributed by atoms with E-state index < -0.39 is 29.6 Å². The number of halogens is 2. The number of aliphatic carboxylic acids is 1. The van der Waals surface area contributed by atoms with E-state index in [1.165, 1.54) is 23.9 Å². The predicted molar refractivity (Wildman–Crippen MR) is 165 cm³/mol. The van der Waals surface area contributed by atoms with Gasteiger partial charge in [0.1, 0.15) is 11.6 Å². The van der Waals surface area contributed by atoms with Crippen LogP contribution >= 0.6 is 11.8 Å². The van der Waals surface area contributed by atoms with Crippen molar-refractivity contribution < 1.29 is 42.3 Å². The number of nitrogens with one attached hydrogen (secondary N) is 1. The maximum absolute atomic E-state index is 14.7. The molecule has 0 spiro atoms. The molecule has 0 saturated heterocycles. The minimum atomic E-state index is -1.34. The number of nitrogens with zero attached hydrogens (tertiary/aromatic N) is 2. The summed E-state index contributed by atoms with van der Waals surface area (Å²) in [5, 5.41) is 14.3. The Morgan fingerprint density at radius 2 is 1.70 bits per heavy atom. The third-order valence-electron chi connectivity index (χ3n) is 7.06.